The molecule has 0 saturated heterocycles. The Kier molecular flexibility index (Phi) is 5.42. The van der Waals surface area contributed by atoms with Crippen LogP contribution in [0.5, 0.6) is 0 Å². The van der Waals surface area contributed by atoms with E-state index < -0.39 is 0 Å². The Morgan fingerprint density at radius 2 is 1.53 bits per heavy atom. The van der Waals surface area contributed by atoms with Gasteiger partial charge >= 0.3 is 0 Å². The number of carbonyl (C=O) groups excluding carboxylic acids is 1. The van der Waals surface area contributed by atoms with E-state index in [9.17, 15) is 4.79 Å². The van der Waals surface area contributed by atoms with Gasteiger partial charge in [-0.05, 0) is 60.9 Å². The molecule has 0 atom stereocenters. The maximum atomic E-state index is 12.3. The van der Waals surface area contributed by atoms with Crippen LogP contribution in [0.2, 0.25) is 0 Å². The smallest absolute Gasteiger partial charge is 0.224 e. The van der Waals surface area contributed by atoms with Gasteiger partial charge in [0.15, 0.2) is 0 Å². The lowest BCUT2D eigenvalue weighted by Gasteiger charge is -2.06. The summed E-state index contributed by atoms with van der Waals surface area (Å²) in [7, 11) is 0. The largest absolute Gasteiger partial charge is 0.342 e. The Bertz CT molecular complexity index is 1350. The number of rotatable bonds is 7. The van der Waals surface area contributed by atoms with Crippen molar-refractivity contribution in [1.82, 2.24) is 19.9 Å². The zero-order valence-electron chi connectivity index (χ0n) is 18.0. The second kappa shape index (κ2) is 8.67. The average molecular weight is 424 g/mol. The van der Waals surface area contributed by atoms with Crippen LogP contribution in [0.4, 0.5) is 5.69 Å². The number of imidazole rings is 2. The molecule has 5 rings (SSSR count). The predicted molar refractivity (Wildman–Crippen MR) is 128 cm³/mol. The van der Waals surface area contributed by atoms with Gasteiger partial charge in [-0.15, -0.1) is 0 Å². The van der Waals surface area contributed by atoms with Crippen LogP contribution in [0.1, 0.15) is 29.2 Å². The third-order valence-corrected chi connectivity index (χ3v) is 5.60. The lowest BCUT2D eigenvalue weighted by molar-refractivity contribution is -0.116. The number of anilines is 1. The van der Waals surface area contributed by atoms with Gasteiger partial charge in [0.05, 0.1) is 22.1 Å². The number of aromatic amines is 2. The summed E-state index contributed by atoms with van der Waals surface area (Å²) in [5, 5.41) is 2.97. The van der Waals surface area contributed by atoms with Crippen LogP contribution in [-0.4, -0.2) is 25.8 Å². The summed E-state index contributed by atoms with van der Waals surface area (Å²) < 4.78 is 0. The maximum absolute atomic E-state index is 12.3. The van der Waals surface area contributed by atoms with Crippen molar-refractivity contribution in [3.63, 3.8) is 0 Å². The van der Waals surface area contributed by atoms with Gasteiger partial charge in [-0.2, -0.15) is 0 Å². The van der Waals surface area contributed by atoms with Gasteiger partial charge in [0.25, 0.3) is 0 Å². The Morgan fingerprint density at radius 3 is 2.34 bits per heavy atom. The van der Waals surface area contributed by atoms with Crippen molar-refractivity contribution in [3.8, 4) is 0 Å². The summed E-state index contributed by atoms with van der Waals surface area (Å²) in [6, 6.07) is 22.2. The second-order valence-electron chi connectivity index (χ2n) is 8.15. The second-order valence-corrected chi connectivity index (χ2v) is 8.15. The number of aryl methyl sites for hydroxylation is 4. The molecular weight excluding hydrogens is 398 g/mol. The van der Waals surface area contributed by atoms with Crippen LogP contribution >= 0.6 is 0 Å². The van der Waals surface area contributed by atoms with Crippen LogP contribution < -0.4 is 5.32 Å². The topological polar surface area (TPSA) is 86.5 Å². The molecule has 0 aliphatic rings. The highest BCUT2D eigenvalue weighted by Gasteiger charge is 2.08. The van der Waals surface area contributed by atoms with E-state index in [-0.39, 0.29) is 5.91 Å². The Morgan fingerprint density at radius 1 is 0.812 bits per heavy atom. The van der Waals surface area contributed by atoms with E-state index in [0.717, 1.165) is 52.2 Å². The van der Waals surface area contributed by atoms with E-state index in [4.69, 9.17) is 0 Å². The third-order valence-electron chi connectivity index (χ3n) is 5.60. The lowest BCUT2D eigenvalue weighted by atomic mass is 10.1. The van der Waals surface area contributed by atoms with Crippen LogP contribution in [0.15, 0.2) is 66.7 Å². The Hall–Kier alpha value is -3.93. The van der Waals surface area contributed by atoms with Gasteiger partial charge in [-0.25, -0.2) is 9.97 Å². The first kappa shape index (κ1) is 20.0. The molecule has 6 nitrogen and oxygen atoms in total. The fraction of sp³-hybridized carbons (Fsp3) is 0.192. The number of hydrogen-bond donors (Lipinski definition) is 3. The predicted octanol–water partition coefficient (Wildman–Crippen LogP) is 5.10. The zero-order valence-corrected chi connectivity index (χ0v) is 18.0. The minimum atomic E-state index is -0.0178. The normalized spacial score (nSPS) is 11.3. The Balaban J connectivity index is 1.13. The standard InChI is InChI=1S/C26H25N5O/c1-17-6-12-22-23(16-17)31-24(30-22)13-9-18-7-10-19(11-8-18)27-26(32)15-14-25-28-20-4-2-3-5-21(20)29-25/h2-8,10-12,16H,9,13-15H2,1H3,(H,27,32)(H,28,29)(H,30,31). The fourth-order valence-corrected chi connectivity index (χ4v) is 3.89. The summed E-state index contributed by atoms with van der Waals surface area (Å²) >= 11 is 0. The van der Waals surface area contributed by atoms with Gasteiger partial charge in [-0.3, -0.25) is 4.79 Å². The van der Waals surface area contributed by atoms with E-state index in [1.165, 1.54) is 11.1 Å². The number of amides is 1. The highest BCUT2D eigenvalue weighted by Crippen LogP contribution is 2.16. The zero-order chi connectivity index (χ0) is 21.9. The molecule has 0 fully saturated rings. The van der Waals surface area contributed by atoms with E-state index >= 15 is 0 Å². The van der Waals surface area contributed by atoms with Crippen molar-refractivity contribution in [1.29, 1.82) is 0 Å². The number of fused-ring (bicyclic) bond motifs is 2. The summed E-state index contributed by atoms with van der Waals surface area (Å²) in [6.07, 6.45) is 2.69. The first-order valence-electron chi connectivity index (χ1n) is 10.9. The van der Waals surface area contributed by atoms with Gasteiger partial charge < -0.3 is 15.3 Å². The molecule has 160 valence electrons. The molecule has 32 heavy (non-hydrogen) atoms. The molecule has 2 heterocycles. The highest BCUT2D eigenvalue weighted by molar-refractivity contribution is 5.90. The van der Waals surface area contributed by atoms with Crippen molar-refractivity contribution in [3.05, 3.63) is 89.5 Å². The van der Waals surface area contributed by atoms with E-state index in [2.05, 4.69) is 62.5 Å². The molecule has 3 aromatic carbocycles. The number of carbonyl (C=O) groups is 1. The third kappa shape index (κ3) is 4.54. The molecule has 5 aromatic rings. The monoisotopic (exact) mass is 423 g/mol. The number of benzene rings is 3. The minimum Gasteiger partial charge on any atom is -0.342 e. The highest BCUT2D eigenvalue weighted by atomic mass is 16.1. The van der Waals surface area contributed by atoms with E-state index in [1.807, 2.05) is 36.4 Å². The van der Waals surface area contributed by atoms with Crippen LogP contribution in [0.25, 0.3) is 22.1 Å². The van der Waals surface area contributed by atoms with Gasteiger partial charge in [0.2, 0.25) is 5.91 Å². The number of aromatic nitrogens is 4. The van der Waals surface area contributed by atoms with E-state index in [1.54, 1.807) is 0 Å². The van der Waals surface area contributed by atoms with Gasteiger partial charge in [-0.1, -0.05) is 30.3 Å². The molecule has 3 N–H and O–H groups in total. The molecule has 0 aliphatic carbocycles. The van der Waals surface area contributed by atoms with Crippen molar-refractivity contribution in [2.75, 3.05) is 5.32 Å². The van der Waals surface area contributed by atoms with Crippen LogP contribution in [0.3, 0.4) is 0 Å². The molecule has 0 bridgehead atoms. The first-order valence-corrected chi connectivity index (χ1v) is 10.9. The van der Waals surface area contributed by atoms with Crippen LogP contribution in [-0.2, 0) is 24.1 Å². The molecule has 0 saturated carbocycles. The molecule has 2 aromatic heterocycles. The summed E-state index contributed by atoms with van der Waals surface area (Å²) in [5.74, 6) is 1.81. The maximum Gasteiger partial charge on any atom is 0.224 e. The first-order chi connectivity index (χ1) is 15.6. The van der Waals surface area contributed by atoms with Gasteiger partial charge in [0.1, 0.15) is 11.6 Å². The molecule has 0 aliphatic heterocycles. The van der Waals surface area contributed by atoms with Crippen molar-refractivity contribution < 1.29 is 4.79 Å². The molecule has 0 spiro atoms. The Labute approximate surface area is 186 Å². The van der Waals surface area contributed by atoms with Crippen molar-refractivity contribution >= 4 is 33.7 Å². The number of nitrogens with one attached hydrogen (secondary N) is 3. The lowest BCUT2D eigenvalue weighted by Crippen LogP contribution is -2.12. The minimum absolute atomic E-state index is 0.0178. The fourth-order valence-electron chi connectivity index (χ4n) is 3.89. The SMILES string of the molecule is Cc1ccc2nc(CCc3ccc(NC(=O)CCc4nc5ccccc5[nH]4)cc3)[nH]c2c1. The molecule has 1 amide bonds. The quantitative estimate of drug-likeness (QED) is 0.340. The molecule has 0 unspecified atom stereocenters. The number of hydrogen-bond acceptors (Lipinski definition) is 3. The van der Waals surface area contributed by atoms with Gasteiger partial charge in [0, 0.05) is 24.9 Å². The van der Waals surface area contributed by atoms with E-state index in [0.29, 0.717) is 12.8 Å². The number of H-pyrrole nitrogens is 2. The summed E-state index contributed by atoms with van der Waals surface area (Å²) in [5.41, 5.74) is 7.26. The molecule has 0 radical (unpaired) electrons. The number of nitrogens with zero attached hydrogens (tertiary/aromatic N) is 2. The van der Waals surface area contributed by atoms with Crippen molar-refractivity contribution in [2.24, 2.45) is 0 Å². The average Bonchev–Trinajstić information content (AvgIpc) is 3.40. The van der Waals surface area contributed by atoms with Crippen molar-refractivity contribution in [2.45, 2.75) is 32.6 Å². The number of para-hydroxylation sites is 2. The molecular formula is C26H25N5O. The molecule has 6 heteroatoms. The summed E-state index contributed by atoms with van der Waals surface area (Å²) in [4.78, 5) is 28.2. The van der Waals surface area contributed by atoms with Crippen LogP contribution in [0, 0.1) is 6.92 Å². The summed E-state index contributed by atoms with van der Waals surface area (Å²) in [6.45, 7) is 2.08.